The zero-order valence-corrected chi connectivity index (χ0v) is 18.9. The molecule has 0 fully saturated rings. The van der Waals surface area contributed by atoms with Gasteiger partial charge in [-0.1, -0.05) is 31.2 Å². The Bertz CT molecular complexity index is 684. The maximum atomic E-state index is 5.62. The van der Waals surface area contributed by atoms with Crippen LogP contribution in [0, 0.1) is 0 Å². The quantitative estimate of drug-likeness (QED) is 0.324. The van der Waals surface area contributed by atoms with Crippen molar-refractivity contribution in [1.82, 2.24) is 25.4 Å². The largest absolute Gasteiger partial charge is 0.374 e. The molecule has 0 bridgehead atoms. The SMILES string of the molecule is CCc1nncn1CCNC(=NC)NCc1ccc(COC(C)C)cc1.I. The Morgan fingerprint density at radius 2 is 1.89 bits per heavy atom. The molecule has 2 aromatic rings. The van der Waals surface area contributed by atoms with E-state index in [2.05, 4.69) is 61.6 Å². The Morgan fingerprint density at radius 1 is 1.19 bits per heavy atom. The monoisotopic (exact) mass is 486 g/mol. The van der Waals surface area contributed by atoms with Crippen LogP contribution in [0.5, 0.6) is 0 Å². The van der Waals surface area contributed by atoms with Crippen molar-refractivity contribution in [3.05, 3.63) is 47.5 Å². The third-order valence-corrected chi connectivity index (χ3v) is 3.95. The van der Waals surface area contributed by atoms with E-state index in [1.54, 1.807) is 13.4 Å². The minimum absolute atomic E-state index is 0. The fourth-order valence-corrected chi connectivity index (χ4v) is 2.46. The molecule has 8 heteroatoms. The van der Waals surface area contributed by atoms with Gasteiger partial charge in [-0.15, -0.1) is 34.2 Å². The predicted molar refractivity (Wildman–Crippen MR) is 119 cm³/mol. The van der Waals surface area contributed by atoms with Gasteiger partial charge in [0.05, 0.1) is 12.7 Å². The van der Waals surface area contributed by atoms with Gasteiger partial charge in [0.15, 0.2) is 5.96 Å². The van der Waals surface area contributed by atoms with Crippen molar-refractivity contribution in [2.45, 2.75) is 53.0 Å². The summed E-state index contributed by atoms with van der Waals surface area (Å²) in [6.45, 7) is 9.11. The molecule has 0 saturated carbocycles. The first kappa shape index (κ1) is 23.4. The molecule has 0 unspecified atom stereocenters. The van der Waals surface area contributed by atoms with Gasteiger partial charge in [0.1, 0.15) is 12.2 Å². The van der Waals surface area contributed by atoms with Gasteiger partial charge >= 0.3 is 0 Å². The number of aliphatic imine (C=N–C) groups is 1. The molecule has 2 N–H and O–H groups in total. The Morgan fingerprint density at radius 3 is 2.52 bits per heavy atom. The summed E-state index contributed by atoms with van der Waals surface area (Å²) in [7, 11) is 1.78. The number of halogens is 1. The summed E-state index contributed by atoms with van der Waals surface area (Å²) in [5.74, 6) is 1.78. The Hall–Kier alpha value is -1.68. The van der Waals surface area contributed by atoms with Crippen molar-refractivity contribution in [1.29, 1.82) is 0 Å². The number of ether oxygens (including phenoxy) is 1. The van der Waals surface area contributed by atoms with E-state index in [0.717, 1.165) is 37.8 Å². The van der Waals surface area contributed by atoms with E-state index in [4.69, 9.17) is 4.74 Å². The minimum atomic E-state index is 0. The van der Waals surface area contributed by atoms with Gasteiger partial charge in [-0.2, -0.15) is 0 Å². The summed E-state index contributed by atoms with van der Waals surface area (Å²) >= 11 is 0. The average Bonchev–Trinajstić information content (AvgIpc) is 3.11. The fraction of sp³-hybridized carbons (Fsp3) is 0.526. The highest BCUT2D eigenvalue weighted by Gasteiger charge is 2.03. The third-order valence-electron chi connectivity index (χ3n) is 3.95. The van der Waals surface area contributed by atoms with Gasteiger partial charge in [0.25, 0.3) is 0 Å². The Labute approximate surface area is 179 Å². The Balaban J connectivity index is 0.00000364. The summed E-state index contributed by atoms with van der Waals surface area (Å²) < 4.78 is 7.67. The second kappa shape index (κ2) is 12.7. The number of guanidine groups is 1. The van der Waals surface area contributed by atoms with Crippen LogP contribution in [0.1, 0.15) is 37.7 Å². The van der Waals surface area contributed by atoms with E-state index in [1.807, 2.05) is 13.8 Å². The van der Waals surface area contributed by atoms with Gasteiger partial charge in [-0.25, -0.2) is 0 Å². The summed E-state index contributed by atoms with van der Waals surface area (Å²) in [5, 5.41) is 14.7. The molecule has 0 aliphatic carbocycles. The normalized spacial score (nSPS) is 11.4. The number of nitrogens with one attached hydrogen (secondary N) is 2. The Kier molecular flexibility index (Phi) is 11.0. The van der Waals surface area contributed by atoms with Gasteiger partial charge in [0.2, 0.25) is 0 Å². The van der Waals surface area contributed by atoms with E-state index in [0.29, 0.717) is 6.61 Å². The molecule has 1 aromatic carbocycles. The number of nitrogens with zero attached hydrogens (tertiary/aromatic N) is 4. The summed E-state index contributed by atoms with van der Waals surface area (Å²) in [6.07, 6.45) is 2.89. The smallest absolute Gasteiger partial charge is 0.191 e. The van der Waals surface area contributed by atoms with Crippen LogP contribution in [-0.4, -0.2) is 40.4 Å². The van der Waals surface area contributed by atoms with Crippen LogP contribution >= 0.6 is 24.0 Å². The number of aromatic nitrogens is 3. The van der Waals surface area contributed by atoms with E-state index < -0.39 is 0 Å². The molecule has 0 amide bonds. The van der Waals surface area contributed by atoms with Crippen LogP contribution < -0.4 is 10.6 Å². The van der Waals surface area contributed by atoms with E-state index in [1.165, 1.54) is 11.1 Å². The lowest BCUT2D eigenvalue weighted by molar-refractivity contribution is 0.0657. The van der Waals surface area contributed by atoms with Crippen LogP contribution in [-0.2, 0) is 30.9 Å². The maximum absolute atomic E-state index is 5.62. The first-order chi connectivity index (χ1) is 12.6. The van der Waals surface area contributed by atoms with Crippen molar-refractivity contribution in [2.24, 2.45) is 4.99 Å². The number of hydrogen-bond donors (Lipinski definition) is 2. The molecule has 0 aliphatic rings. The molecular formula is C19H31IN6O. The highest BCUT2D eigenvalue weighted by atomic mass is 127. The van der Waals surface area contributed by atoms with Crippen LogP contribution in [0.3, 0.4) is 0 Å². The second-order valence-electron chi connectivity index (χ2n) is 6.32. The lowest BCUT2D eigenvalue weighted by atomic mass is 10.1. The van der Waals surface area contributed by atoms with Gasteiger partial charge in [0, 0.05) is 33.1 Å². The number of rotatable bonds is 9. The average molecular weight is 486 g/mol. The van der Waals surface area contributed by atoms with Gasteiger partial charge < -0.3 is 19.9 Å². The predicted octanol–water partition coefficient (Wildman–Crippen LogP) is 2.75. The van der Waals surface area contributed by atoms with Crippen LogP contribution in [0.2, 0.25) is 0 Å². The third kappa shape index (κ3) is 8.25. The van der Waals surface area contributed by atoms with Crippen molar-refractivity contribution in [3.8, 4) is 0 Å². The fourth-order valence-electron chi connectivity index (χ4n) is 2.46. The summed E-state index contributed by atoms with van der Waals surface area (Å²) in [5.41, 5.74) is 2.39. The zero-order valence-electron chi connectivity index (χ0n) is 16.6. The summed E-state index contributed by atoms with van der Waals surface area (Å²) in [6, 6.07) is 8.44. The number of aryl methyl sites for hydroxylation is 1. The lowest BCUT2D eigenvalue weighted by Gasteiger charge is -2.13. The number of benzene rings is 1. The van der Waals surface area contributed by atoms with Crippen molar-refractivity contribution in [2.75, 3.05) is 13.6 Å². The van der Waals surface area contributed by atoms with Crippen molar-refractivity contribution < 1.29 is 4.74 Å². The van der Waals surface area contributed by atoms with Crippen molar-refractivity contribution in [3.63, 3.8) is 0 Å². The van der Waals surface area contributed by atoms with E-state index in [9.17, 15) is 0 Å². The first-order valence-corrected chi connectivity index (χ1v) is 9.13. The second-order valence-corrected chi connectivity index (χ2v) is 6.32. The minimum Gasteiger partial charge on any atom is -0.374 e. The molecule has 1 heterocycles. The van der Waals surface area contributed by atoms with Gasteiger partial charge in [-0.05, 0) is 25.0 Å². The molecule has 0 aliphatic heterocycles. The molecule has 7 nitrogen and oxygen atoms in total. The maximum Gasteiger partial charge on any atom is 0.191 e. The zero-order chi connectivity index (χ0) is 18.8. The summed E-state index contributed by atoms with van der Waals surface area (Å²) in [4.78, 5) is 4.26. The van der Waals surface area contributed by atoms with Crippen LogP contribution in [0.15, 0.2) is 35.6 Å². The van der Waals surface area contributed by atoms with Crippen LogP contribution in [0.4, 0.5) is 0 Å². The van der Waals surface area contributed by atoms with Gasteiger partial charge in [-0.3, -0.25) is 4.99 Å². The molecule has 27 heavy (non-hydrogen) atoms. The van der Waals surface area contributed by atoms with Crippen LogP contribution in [0.25, 0.3) is 0 Å². The van der Waals surface area contributed by atoms with E-state index >= 15 is 0 Å². The van der Waals surface area contributed by atoms with Crippen molar-refractivity contribution >= 4 is 29.9 Å². The standard InChI is InChI=1S/C19H30N6O.HI/c1-5-18-24-23-14-25(18)11-10-21-19(20-4)22-12-16-6-8-17(9-7-16)13-26-15(2)3;/h6-9,14-15H,5,10-13H2,1-4H3,(H2,20,21,22);1H. The highest BCUT2D eigenvalue weighted by Crippen LogP contribution is 2.07. The lowest BCUT2D eigenvalue weighted by Crippen LogP contribution is -2.38. The van der Waals surface area contributed by atoms with E-state index in [-0.39, 0.29) is 30.1 Å². The molecule has 150 valence electrons. The molecule has 0 atom stereocenters. The highest BCUT2D eigenvalue weighted by molar-refractivity contribution is 14.0. The molecule has 0 spiro atoms. The molecule has 1 aromatic heterocycles. The first-order valence-electron chi connectivity index (χ1n) is 9.13. The topological polar surface area (TPSA) is 76.4 Å². The molecule has 2 rings (SSSR count). The number of hydrogen-bond acceptors (Lipinski definition) is 4. The molecular weight excluding hydrogens is 455 g/mol. The molecule has 0 radical (unpaired) electrons. The molecule has 0 saturated heterocycles.